The lowest BCUT2D eigenvalue weighted by molar-refractivity contribution is -0.114. The number of hydrogen-bond acceptors (Lipinski definition) is 5. The topological polar surface area (TPSA) is 123 Å². The molecule has 14 heavy (non-hydrogen) atoms. The quantitative estimate of drug-likeness (QED) is 0.539. The number of nitrogens with zero attached hydrogens (tertiary/aromatic N) is 3. The average molecular weight is 199 g/mol. The summed E-state index contributed by atoms with van der Waals surface area (Å²) in [6.45, 7) is -0.208. The van der Waals surface area contributed by atoms with Crippen LogP contribution >= 0.6 is 0 Å². The number of carbonyl (C=O) groups is 2. The number of nitrogens with two attached hydrogens (primary N) is 1. The molecule has 1 rings (SSSR count). The van der Waals surface area contributed by atoms with E-state index in [9.17, 15) is 9.59 Å². The van der Waals surface area contributed by atoms with Crippen LogP contribution in [0.15, 0.2) is 0 Å². The highest BCUT2D eigenvalue weighted by Gasteiger charge is 2.14. The summed E-state index contributed by atoms with van der Waals surface area (Å²) in [4.78, 5) is 24.9. The van der Waals surface area contributed by atoms with Crippen molar-refractivity contribution in [1.29, 1.82) is 0 Å². The van der Waals surface area contributed by atoms with Gasteiger partial charge in [-0.1, -0.05) is 0 Å². The molecule has 0 unspecified atom stereocenters. The molecular weight excluding hydrogens is 190 g/mol. The van der Waals surface area contributed by atoms with Crippen LogP contribution in [0.5, 0.6) is 0 Å². The second kappa shape index (κ2) is 3.83. The van der Waals surface area contributed by atoms with Gasteiger partial charge in [0.05, 0.1) is 6.54 Å². The van der Waals surface area contributed by atoms with Gasteiger partial charge in [0.15, 0.2) is 0 Å². The summed E-state index contributed by atoms with van der Waals surface area (Å²) < 4.78 is 1.05. The molecule has 8 heteroatoms. The lowest BCUT2D eigenvalue weighted by atomic mass is 10.6. The molecule has 1 aromatic heterocycles. The molecule has 76 valence electrons. The Kier molecular flexibility index (Phi) is 2.77. The van der Waals surface area contributed by atoms with E-state index in [1.54, 1.807) is 0 Å². The van der Waals surface area contributed by atoms with Gasteiger partial charge in [0.25, 0.3) is 0 Å². The first-order valence-corrected chi connectivity index (χ1v) is 3.69. The fourth-order valence-corrected chi connectivity index (χ4v) is 0.799. The number of rotatable bonds is 3. The third-order valence-electron chi connectivity index (χ3n) is 1.39. The summed E-state index contributed by atoms with van der Waals surface area (Å²) in [7, 11) is 1.41. The predicted octanol–water partition coefficient (Wildman–Crippen LogP) is -1.59. The highest BCUT2D eigenvalue weighted by Crippen LogP contribution is 2.01. The van der Waals surface area contributed by atoms with Crippen molar-refractivity contribution in [3.05, 3.63) is 5.82 Å². The van der Waals surface area contributed by atoms with Crippen LogP contribution in [-0.2, 0) is 11.8 Å². The molecule has 1 amide bonds. The zero-order valence-electron chi connectivity index (χ0n) is 7.39. The number of amides is 1. The molecule has 4 N–H and O–H groups in total. The number of aromatic carboxylic acids is 1. The SMILES string of the molecule is Cn1nc(NC(=O)CN)nc1C(=O)O. The Morgan fingerprint density at radius 1 is 1.64 bits per heavy atom. The lowest BCUT2D eigenvalue weighted by Crippen LogP contribution is -2.22. The number of aryl methyl sites for hydroxylation is 1. The smallest absolute Gasteiger partial charge is 0.373 e. The predicted molar refractivity (Wildman–Crippen MR) is 45.6 cm³/mol. The van der Waals surface area contributed by atoms with E-state index in [0.29, 0.717) is 0 Å². The molecule has 0 bridgehead atoms. The number of carboxylic acid groups (broad SMARTS) is 1. The van der Waals surface area contributed by atoms with Crippen LogP contribution in [0.25, 0.3) is 0 Å². The summed E-state index contributed by atoms with van der Waals surface area (Å²) in [5.41, 5.74) is 5.03. The van der Waals surface area contributed by atoms with Crippen molar-refractivity contribution in [3.8, 4) is 0 Å². The van der Waals surface area contributed by atoms with Crippen molar-refractivity contribution in [2.45, 2.75) is 0 Å². The van der Waals surface area contributed by atoms with E-state index in [4.69, 9.17) is 10.8 Å². The minimum atomic E-state index is -1.21. The molecule has 0 aliphatic carbocycles. The molecular formula is C6H9N5O3. The van der Waals surface area contributed by atoms with Gasteiger partial charge < -0.3 is 10.8 Å². The van der Waals surface area contributed by atoms with Gasteiger partial charge >= 0.3 is 5.97 Å². The van der Waals surface area contributed by atoms with E-state index in [1.165, 1.54) is 7.05 Å². The Balaban J connectivity index is 2.86. The van der Waals surface area contributed by atoms with E-state index < -0.39 is 11.9 Å². The van der Waals surface area contributed by atoms with Crippen LogP contribution in [-0.4, -0.2) is 38.3 Å². The third kappa shape index (κ3) is 2.04. The first kappa shape index (κ1) is 10.1. The Hall–Kier alpha value is -1.96. The third-order valence-corrected chi connectivity index (χ3v) is 1.39. The van der Waals surface area contributed by atoms with E-state index in [0.717, 1.165) is 4.68 Å². The van der Waals surface area contributed by atoms with Gasteiger partial charge in [0, 0.05) is 7.05 Å². The Morgan fingerprint density at radius 3 is 2.71 bits per heavy atom. The maximum absolute atomic E-state index is 10.8. The van der Waals surface area contributed by atoms with Crippen molar-refractivity contribution in [1.82, 2.24) is 14.8 Å². The van der Waals surface area contributed by atoms with Crippen LogP contribution in [0.2, 0.25) is 0 Å². The number of nitrogens with one attached hydrogen (secondary N) is 1. The molecule has 0 aromatic carbocycles. The number of carboxylic acids is 1. The molecule has 0 aliphatic rings. The molecule has 1 aromatic rings. The van der Waals surface area contributed by atoms with E-state index in [1.807, 2.05) is 0 Å². The van der Waals surface area contributed by atoms with Gasteiger partial charge in [-0.15, -0.1) is 5.10 Å². The van der Waals surface area contributed by atoms with Crippen molar-refractivity contribution in [2.75, 3.05) is 11.9 Å². The summed E-state index contributed by atoms with van der Waals surface area (Å²) in [5, 5.41) is 14.5. The van der Waals surface area contributed by atoms with Gasteiger partial charge in [-0.3, -0.25) is 10.1 Å². The van der Waals surface area contributed by atoms with Crippen molar-refractivity contribution >= 4 is 17.8 Å². The fraction of sp³-hybridized carbons (Fsp3) is 0.333. The first-order valence-electron chi connectivity index (χ1n) is 3.69. The van der Waals surface area contributed by atoms with Crippen molar-refractivity contribution in [3.63, 3.8) is 0 Å². The maximum atomic E-state index is 10.8. The number of carbonyl (C=O) groups excluding carboxylic acids is 1. The molecule has 1 heterocycles. The zero-order valence-corrected chi connectivity index (χ0v) is 7.39. The normalized spacial score (nSPS) is 9.86. The van der Waals surface area contributed by atoms with E-state index in [-0.39, 0.29) is 18.3 Å². The Bertz CT molecular complexity index is 372. The van der Waals surface area contributed by atoms with Gasteiger partial charge in [0.2, 0.25) is 17.7 Å². The van der Waals surface area contributed by atoms with Gasteiger partial charge in [0.1, 0.15) is 0 Å². The minimum Gasteiger partial charge on any atom is -0.475 e. The number of hydrogen-bond donors (Lipinski definition) is 3. The van der Waals surface area contributed by atoms with Crippen molar-refractivity contribution in [2.24, 2.45) is 12.8 Å². The molecule has 0 atom stereocenters. The van der Waals surface area contributed by atoms with Gasteiger partial charge in [-0.2, -0.15) is 4.98 Å². The Labute approximate surface area is 78.7 Å². The van der Waals surface area contributed by atoms with Crippen LogP contribution < -0.4 is 11.1 Å². The summed E-state index contributed by atoms with van der Waals surface area (Å²) in [5.74, 6) is -2.02. The molecule has 0 saturated heterocycles. The molecule has 0 radical (unpaired) electrons. The summed E-state index contributed by atoms with van der Waals surface area (Å²) >= 11 is 0. The van der Waals surface area contributed by atoms with Crippen LogP contribution in [0.4, 0.5) is 5.95 Å². The van der Waals surface area contributed by atoms with Crippen LogP contribution in [0.3, 0.4) is 0 Å². The highest BCUT2D eigenvalue weighted by atomic mass is 16.4. The monoisotopic (exact) mass is 199 g/mol. The lowest BCUT2D eigenvalue weighted by Gasteiger charge is -1.94. The second-order valence-electron chi connectivity index (χ2n) is 2.44. The summed E-state index contributed by atoms with van der Waals surface area (Å²) in [6, 6.07) is 0. The second-order valence-corrected chi connectivity index (χ2v) is 2.44. The van der Waals surface area contributed by atoms with Gasteiger partial charge in [-0.05, 0) is 0 Å². The fourth-order valence-electron chi connectivity index (χ4n) is 0.799. The maximum Gasteiger partial charge on any atom is 0.373 e. The highest BCUT2D eigenvalue weighted by molar-refractivity contribution is 5.91. The average Bonchev–Trinajstić information content (AvgIpc) is 2.46. The molecule has 0 spiro atoms. The molecule has 0 fully saturated rings. The molecule has 0 aliphatic heterocycles. The number of aromatic nitrogens is 3. The van der Waals surface area contributed by atoms with Gasteiger partial charge in [-0.25, -0.2) is 9.48 Å². The summed E-state index contributed by atoms with van der Waals surface area (Å²) in [6.07, 6.45) is 0. The largest absolute Gasteiger partial charge is 0.475 e. The molecule has 0 saturated carbocycles. The Morgan fingerprint density at radius 2 is 2.29 bits per heavy atom. The van der Waals surface area contributed by atoms with E-state index >= 15 is 0 Å². The molecule has 8 nitrogen and oxygen atoms in total. The van der Waals surface area contributed by atoms with Crippen LogP contribution in [0, 0.1) is 0 Å². The first-order chi connectivity index (χ1) is 6.54. The number of anilines is 1. The standard InChI is InChI=1S/C6H9N5O3/c1-11-4(5(13)14)9-6(10-11)8-3(12)2-7/h2,7H2,1H3,(H,13,14)(H,8,10,12). The van der Waals surface area contributed by atoms with Crippen LogP contribution in [0.1, 0.15) is 10.6 Å². The zero-order chi connectivity index (χ0) is 10.7. The minimum absolute atomic E-state index is 0.0691. The van der Waals surface area contributed by atoms with Crippen molar-refractivity contribution < 1.29 is 14.7 Å². The van der Waals surface area contributed by atoms with E-state index in [2.05, 4.69) is 15.4 Å².